The normalized spacial score (nSPS) is 14.2. The number of benzene rings is 2. The molecule has 0 aromatic heterocycles. The highest BCUT2D eigenvalue weighted by Gasteiger charge is 2.24. The van der Waals surface area contributed by atoms with E-state index in [-0.39, 0.29) is 5.82 Å². The fourth-order valence-electron chi connectivity index (χ4n) is 1.95. The molecule has 4 heteroatoms. The van der Waals surface area contributed by atoms with Gasteiger partial charge in [0.2, 0.25) is 0 Å². The van der Waals surface area contributed by atoms with Crippen LogP contribution in [0.5, 0.6) is 0 Å². The molecule has 1 unspecified atom stereocenters. The Kier molecular flexibility index (Phi) is 4.14. The molecule has 0 bridgehead atoms. The summed E-state index contributed by atoms with van der Waals surface area (Å²) in [4.78, 5) is 0. The molecule has 1 nitrogen and oxygen atoms in total. The maximum Gasteiger partial charge on any atom is 0.123 e. The Labute approximate surface area is 121 Å². The average Bonchev–Trinajstić information content (AvgIpc) is 2.33. The third kappa shape index (κ3) is 3.47. The molecule has 100 valence electrons. The lowest BCUT2D eigenvalue weighted by Gasteiger charge is -2.24. The second-order valence-electron chi connectivity index (χ2n) is 4.69. The summed E-state index contributed by atoms with van der Waals surface area (Å²) in [6, 6.07) is 10.9. The minimum atomic E-state index is -1.12. The molecule has 1 atom stereocenters. The minimum Gasteiger partial charge on any atom is -0.385 e. The van der Waals surface area contributed by atoms with Crippen LogP contribution in [-0.2, 0) is 12.0 Å². The molecule has 19 heavy (non-hydrogen) atoms. The highest BCUT2D eigenvalue weighted by molar-refractivity contribution is 6.35. The average molecular weight is 299 g/mol. The first-order chi connectivity index (χ1) is 8.88. The first kappa shape index (κ1) is 14.3. The largest absolute Gasteiger partial charge is 0.385 e. The molecule has 2 rings (SSSR count). The van der Waals surface area contributed by atoms with Crippen molar-refractivity contribution in [2.75, 3.05) is 0 Å². The summed E-state index contributed by atoms with van der Waals surface area (Å²) in [5.74, 6) is -0.330. The molecular weight excluding hydrogens is 286 g/mol. The van der Waals surface area contributed by atoms with Crippen LogP contribution < -0.4 is 0 Å². The maximum atomic E-state index is 12.9. The first-order valence-electron chi connectivity index (χ1n) is 5.81. The van der Waals surface area contributed by atoms with Crippen LogP contribution in [0.4, 0.5) is 4.39 Å². The SMILES string of the molecule is CC(O)(Cc1ccc(Cl)cc1Cl)c1ccc(F)cc1. The quantitative estimate of drug-likeness (QED) is 0.879. The molecule has 0 radical (unpaired) electrons. The minimum absolute atomic E-state index is 0.328. The molecule has 0 fully saturated rings. The van der Waals surface area contributed by atoms with Crippen molar-refractivity contribution in [2.45, 2.75) is 18.9 Å². The Hall–Kier alpha value is -1.09. The Balaban J connectivity index is 2.27. The van der Waals surface area contributed by atoms with Crippen molar-refractivity contribution >= 4 is 23.2 Å². The van der Waals surface area contributed by atoms with Crippen LogP contribution >= 0.6 is 23.2 Å². The molecule has 0 saturated heterocycles. The van der Waals surface area contributed by atoms with Gasteiger partial charge >= 0.3 is 0 Å². The van der Waals surface area contributed by atoms with Crippen LogP contribution in [0.15, 0.2) is 42.5 Å². The number of hydrogen-bond donors (Lipinski definition) is 1. The summed E-state index contributed by atoms with van der Waals surface area (Å²) in [6.07, 6.45) is 0.328. The van der Waals surface area contributed by atoms with Gasteiger partial charge in [-0.2, -0.15) is 0 Å². The van der Waals surface area contributed by atoms with Gasteiger partial charge in [-0.1, -0.05) is 41.4 Å². The van der Waals surface area contributed by atoms with Crippen molar-refractivity contribution in [1.29, 1.82) is 0 Å². The molecule has 0 amide bonds. The second-order valence-corrected chi connectivity index (χ2v) is 5.54. The van der Waals surface area contributed by atoms with E-state index in [9.17, 15) is 9.50 Å². The molecule has 2 aromatic carbocycles. The molecule has 0 aliphatic rings. The zero-order chi connectivity index (χ0) is 14.0. The summed E-state index contributed by atoms with van der Waals surface area (Å²) >= 11 is 11.9. The van der Waals surface area contributed by atoms with Crippen LogP contribution in [0.2, 0.25) is 10.0 Å². The number of aliphatic hydroxyl groups is 1. The van der Waals surface area contributed by atoms with Crippen molar-refractivity contribution in [3.63, 3.8) is 0 Å². The van der Waals surface area contributed by atoms with Gasteiger partial charge in [0, 0.05) is 16.5 Å². The highest BCUT2D eigenvalue weighted by Crippen LogP contribution is 2.30. The predicted octanol–water partition coefficient (Wildman–Crippen LogP) is 4.58. The lowest BCUT2D eigenvalue weighted by molar-refractivity contribution is 0.0576. The highest BCUT2D eigenvalue weighted by atomic mass is 35.5. The van der Waals surface area contributed by atoms with Crippen molar-refractivity contribution < 1.29 is 9.50 Å². The fraction of sp³-hybridized carbons (Fsp3) is 0.200. The van der Waals surface area contributed by atoms with Gasteiger partial charge in [-0.25, -0.2) is 4.39 Å². The summed E-state index contributed by atoms with van der Waals surface area (Å²) < 4.78 is 12.9. The van der Waals surface area contributed by atoms with Gasteiger partial charge in [-0.05, 0) is 42.3 Å². The summed E-state index contributed by atoms with van der Waals surface area (Å²) in [6.45, 7) is 1.67. The Morgan fingerprint density at radius 2 is 1.74 bits per heavy atom. The Bertz CT molecular complexity index is 579. The number of rotatable bonds is 3. The van der Waals surface area contributed by atoms with E-state index < -0.39 is 5.60 Å². The van der Waals surface area contributed by atoms with E-state index in [4.69, 9.17) is 23.2 Å². The molecule has 2 aromatic rings. The van der Waals surface area contributed by atoms with E-state index in [1.165, 1.54) is 12.1 Å². The van der Waals surface area contributed by atoms with Crippen molar-refractivity contribution in [2.24, 2.45) is 0 Å². The van der Waals surface area contributed by atoms with Gasteiger partial charge in [0.1, 0.15) is 5.82 Å². The smallest absolute Gasteiger partial charge is 0.123 e. The first-order valence-corrected chi connectivity index (χ1v) is 6.56. The van der Waals surface area contributed by atoms with Gasteiger partial charge in [-0.15, -0.1) is 0 Å². The summed E-state index contributed by atoms with van der Waals surface area (Å²) in [7, 11) is 0. The Morgan fingerprint density at radius 1 is 1.11 bits per heavy atom. The van der Waals surface area contributed by atoms with Gasteiger partial charge in [-0.3, -0.25) is 0 Å². The molecular formula is C15H13Cl2FO. The molecule has 0 heterocycles. The Morgan fingerprint density at radius 3 is 2.32 bits per heavy atom. The fourth-order valence-corrected chi connectivity index (χ4v) is 2.42. The van der Waals surface area contributed by atoms with Crippen LogP contribution in [0.1, 0.15) is 18.1 Å². The van der Waals surface area contributed by atoms with E-state index >= 15 is 0 Å². The lowest BCUT2D eigenvalue weighted by atomic mass is 9.89. The van der Waals surface area contributed by atoms with Crippen molar-refractivity contribution in [3.05, 3.63) is 69.5 Å². The van der Waals surface area contributed by atoms with Gasteiger partial charge < -0.3 is 5.11 Å². The van der Waals surface area contributed by atoms with E-state index in [0.717, 1.165) is 5.56 Å². The van der Waals surface area contributed by atoms with Crippen LogP contribution in [0, 0.1) is 5.82 Å². The van der Waals surface area contributed by atoms with Crippen LogP contribution in [-0.4, -0.2) is 5.11 Å². The molecule has 0 aliphatic carbocycles. The zero-order valence-electron chi connectivity index (χ0n) is 10.3. The van der Waals surface area contributed by atoms with Gasteiger partial charge in [0.15, 0.2) is 0 Å². The van der Waals surface area contributed by atoms with Crippen molar-refractivity contribution in [3.8, 4) is 0 Å². The van der Waals surface area contributed by atoms with Gasteiger partial charge in [0.05, 0.1) is 5.60 Å². The topological polar surface area (TPSA) is 20.2 Å². The second kappa shape index (κ2) is 5.49. The lowest BCUT2D eigenvalue weighted by Crippen LogP contribution is -2.24. The van der Waals surface area contributed by atoms with Crippen LogP contribution in [0.25, 0.3) is 0 Å². The van der Waals surface area contributed by atoms with E-state index in [2.05, 4.69) is 0 Å². The zero-order valence-corrected chi connectivity index (χ0v) is 11.8. The summed E-state index contributed by atoms with van der Waals surface area (Å²) in [5.41, 5.74) is 0.311. The molecule has 1 N–H and O–H groups in total. The molecule has 0 aliphatic heterocycles. The molecule has 0 saturated carbocycles. The van der Waals surface area contributed by atoms with Gasteiger partial charge in [0.25, 0.3) is 0 Å². The third-order valence-corrected chi connectivity index (χ3v) is 3.60. The van der Waals surface area contributed by atoms with Crippen molar-refractivity contribution in [1.82, 2.24) is 0 Å². The number of hydrogen-bond acceptors (Lipinski definition) is 1. The molecule has 0 spiro atoms. The summed E-state index contributed by atoms with van der Waals surface area (Å²) in [5, 5.41) is 11.6. The predicted molar refractivity (Wildman–Crippen MR) is 76.1 cm³/mol. The monoisotopic (exact) mass is 298 g/mol. The van der Waals surface area contributed by atoms with E-state index in [0.29, 0.717) is 22.0 Å². The standard InChI is InChI=1S/C15H13Cl2FO/c1-15(19,11-3-6-13(18)7-4-11)9-10-2-5-12(16)8-14(10)17/h2-8,19H,9H2,1H3. The van der Waals surface area contributed by atoms with Crippen LogP contribution in [0.3, 0.4) is 0 Å². The number of halogens is 3. The maximum absolute atomic E-state index is 12.9. The van der Waals surface area contributed by atoms with E-state index in [1.54, 1.807) is 37.3 Å². The third-order valence-electron chi connectivity index (χ3n) is 3.02. The van der Waals surface area contributed by atoms with E-state index in [1.807, 2.05) is 0 Å².